The monoisotopic (exact) mass is 94.1 g/mol. The zero-order valence-electron chi connectivity index (χ0n) is 4.55. The molecule has 0 aliphatic rings. The quantitative estimate of drug-likeness (QED) is 0.450. The molecule has 4 radical (unpaired) electrons. The van der Waals surface area contributed by atoms with E-state index in [4.69, 9.17) is 20.4 Å². The first-order chi connectivity index (χ1) is 3.31. The standard InChI is InChI=1S/C4H8B2O/c1-4(2-5)7-3-6/h4H,2-3H2,1H3. The fourth-order valence-corrected chi connectivity index (χ4v) is 0.232. The highest BCUT2D eigenvalue weighted by molar-refractivity contribution is 6.09. The van der Waals surface area contributed by atoms with Gasteiger partial charge in [0.1, 0.15) is 7.85 Å². The Morgan fingerprint density at radius 3 is 2.29 bits per heavy atom. The van der Waals surface area contributed by atoms with Crippen LogP contribution < -0.4 is 0 Å². The van der Waals surface area contributed by atoms with Crippen molar-refractivity contribution in [2.45, 2.75) is 19.3 Å². The van der Waals surface area contributed by atoms with Crippen LogP contribution in [0.5, 0.6) is 0 Å². The minimum absolute atomic E-state index is 0.102. The molecular weight excluding hydrogens is 85.7 g/mol. The van der Waals surface area contributed by atoms with Gasteiger partial charge in [0.05, 0.1) is 7.85 Å². The predicted octanol–water partition coefficient (Wildman–Crippen LogP) is 0.104. The first-order valence-electron chi connectivity index (χ1n) is 2.33. The molecule has 0 rings (SSSR count). The lowest BCUT2D eigenvalue weighted by Gasteiger charge is -2.06. The van der Waals surface area contributed by atoms with Crippen molar-refractivity contribution in [2.75, 3.05) is 6.51 Å². The molecule has 36 valence electrons. The zero-order chi connectivity index (χ0) is 5.70. The molecule has 0 saturated heterocycles. The van der Waals surface area contributed by atoms with Crippen molar-refractivity contribution < 1.29 is 4.74 Å². The van der Waals surface area contributed by atoms with Crippen molar-refractivity contribution in [1.29, 1.82) is 0 Å². The molecule has 0 N–H and O–H groups in total. The van der Waals surface area contributed by atoms with Gasteiger partial charge in [-0.1, -0.05) is 6.32 Å². The van der Waals surface area contributed by atoms with Gasteiger partial charge in [-0.25, -0.2) is 0 Å². The molecule has 0 amide bonds. The third kappa shape index (κ3) is 3.93. The molecule has 0 heterocycles. The van der Waals surface area contributed by atoms with E-state index in [1.165, 1.54) is 0 Å². The van der Waals surface area contributed by atoms with Gasteiger partial charge in [-0.15, -0.1) is 0 Å². The lowest BCUT2D eigenvalue weighted by molar-refractivity contribution is 0.117. The van der Waals surface area contributed by atoms with Crippen molar-refractivity contribution in [3.63, 3.8) is 0 Å². The average Bonchev–Trinajstić information content (AvgIpc) is 1.68. The van der Waals surface area contributed by atoms with Crippen LogP contribution in [-0.4, -0.2) is 28.3 Å². The summed E-state index contributed by atoms with van der Waals surface area (Å²) in [6, 6.07) is 0. The van der Waals surface area contributed by atoms with Crippen LogP contribution in [0.3, 0.4) is 0 Å². The maximum Gasteiger partial charge on any atom is 0.104 e. The van der Waals surface area contributed by atoms with Crippen LogP contribution >= 0.6 is 0 Å². The zero-order valence-corrected chi connectivity index (χ0v) is 4.55. The summed E-state index contributed by atoms with van der Waals surface area (Å²) in [4.78, 5) is 0. The Bertz CT molecular complexity index is 40.7. The molecule has 0 aromatic rings. The number of rotatable bonds is 3. The summed E-state index contributed by atoms with van der Waals surface area (Å²) >= 11 is 0. The molecule has 1 atom stereocenters. The Balaban J connectivity index is 2.83. The van der Waals surface area contributed by atoms with E-state index in [-0.39, 0.29) is 12.6 Å². The van der Waals surface area contributed by atoms with Crippen LogP contribution in [0.25, 0.3) is 0 Å². The highest BCUT2D eigenvalue weighted by atomic mass is 16.5. The maximum absolute atomic E-state index is 5.18. The lowest BCUT2D eigenvalue weighted by Crippen LogP contribution is -2.07. The topological polar surface area (TPSA) is 9.23 Å². The normalized spacial score (nSPS) is 13.9. The van der Waals surface area contributed by atoms with E-state index in [0.717, 1.165) is 0 Å². The van der Waals surface area contributed by atoms with Crippen molar-refractivity contribution in [2.24, 2.45) is 0 Å². The summed E-state index contributed by atoms with van der Waals surface area (Å²) in [5, 5.41) is 0. The average molecular weight is 93.7 g/mol. The van der Waals surface area contributed by atoms with Gasteiger partial charge in [0.25, 0.3) is 0 Å². The molecule has 0 bridgehead atoms. The molecule has 3 heteroatoms. The molecule has 0 saturated carbocycles. The van der Waals surface area contributed by atoms with E-state index in [2.05, 4.69) is 0 Å². The van der Waals surface area contributed by atoms with Crippen LogP contribution in [0.1, 0.15) is 6.92 Å². The molecule has 0 aliphatic heterocycles. The first-order valence-corrected chi connectivity index (χ1v) is 2.33. The van der Waals surface area contributed by atoms with E-state index in [0.29, 0.717) is 6.32 Å². The third-order valence-electron chi connectivity index (χ3n) is 0.713. The van der Waals surface area contributed by atoms with Crippen molar-refractivity contribution in [3.8, 4) is 0 Å². The molecular formula is C4H8B2O. The molecule has 7 heavy (non-hydrogen) atoms. The second-order valence-corrected chi connectivity index (χ2v) is 1.38. The summed E-state index contributed by atoms with van der Waals surface area (Å²) < 4.78 is 4.84. The van der Waals surface area contributed by atoms with Crippen molar-refractivity contribution >= 4 is 15.7 Å². The molecule has 0 fully saturated rings. The molecule has 0 aromatic carbocycles. The Morgan fingerprint density at radius 1 is 1.57 bits per heavy atom. The maximum atomic E-state index is 5.18. The highest BCUT2D eigenvalue weighted by Gasteiger charge is 1.91. The smallest absolute Gasteiger partial charge is 0.104 e. The van der Waals surface area contributed by atoms with Crippen LogP contribution in [0.2, 0.25) is 6.32 Å². The van der Waals surface area contributed by atoms with Gasteiger partial charge < -0.3 is 4.74 Å². The molecule has 1 nitrogen and oxygen atoms in total. The minimum Gasteiger partial charge on any atom is -0.389 e. The van der Waals surface area contributed by atoms with Gasteiger partial charge in [0.15, 0.2) is 0 Å². The van der Waals surface area contributed by atoms with Gasteiger partial charge in [0, 0.05) is 12.6 Å². The second kappa shape index (κ2) is 4.25. The van der Waals surface area contributed by atoms with Crippen molar-refractivity contribution in [1.82, 2.24) is 0 Å². The number of hydrogen-bond acceptors (Lipinski definition) is 1. The predicted molar refractivity (Wildman–Crippen MR) is 31.7 cm³/mol. The molecule has 0 spiro atoms. The fourth-order valence-electron chi connectivity index (χ4n) is 0.232. The van der Waals surface area contributed by atoms with Gasteiger partial charge in [-0.2, -0.15) is 0 Å². The largest absolute Gasteiger partial charge is 0.389 e. The summed E-state index contributed by atoms with van der Waals surface area (Å²) in [7, 11) is 10.2. The highest BCUT2D eigenvalue weighted by Crippen LogP contribution is 1.90. The Kier molecular flexibility index (Phi) is 4.31. The van der Waals surface area contributed by atoms with Crippen LogP contribution in [0, 0.1) is 0 Å². The van der Waals surface area contributed by atoms with Gasteiger partial charge >= 0.3 is 0 Å². The summed E-state index contributed by atoms with van der Waals surface area (Å²) in [6.45, 7) is 2.14. The van der Waals surface area contributed by atoms with Crippen LogP contribution in [0.4, 0.5) is 0 Å². The van der Waals surface area contributed by atoms with Crippen molar-refractivity contribution in [3.05, 3.63) is 0 Å². The number of hydrogen-bond donors (Lipinski definition) is 0. The minimum atomic E-state index is 0.102. The second-order valence-electron chi connectivity index (χ2n) is 1.38. The number of ether oxygens (including phenoxy) is 1. The van der Waals surface area contributed by atoms with E-state index >= 15 is 0 Å². The van der Waals surface area contributed by atoms with E-state index in [9.17, 15) is 0 Å². The Labute approximate surface area is 47.3 Å². The van der Waals surface area contributed by atoms with Gasteiger partial charge in [-0.05, 0) is 6.92 Å². The molecule has 0 aliphatic carbocycles. The summed E-state index contributed by atoms with van der Waals surface area (Å²) in [5.41, 5.74) is 0. The first kappa shape index (κ1) is 7.09. The Hall–Kier alpha value is 0.0899. The van der Waals surface area contributed by atoms with E-state index < -0.39 is 0 Å². The third-order valence-corrected chi connectivity index (χ3v) is 0.713. The Morgan fingerprint density at radius 2 is 2.14 bits per heavy atom. The van der Waals surface area contributed by atoms with Gasteiger partial charge in [0.2, 0.25) is 0 Å². The SMILES string of the molecule is [B]COC(C)C[B]. The van der Waals surface area contributed by atoms with Gasteiger partial charge in [-0.3, -0.25) is 0 Å². The lowest BCUT2D eigenvalue weighted by atomic mass is 10.0. The summed E-state index contributed by atoms with van der Waals surface area (Å²) in [5.74, 6) is 0. The van der Waals surface area contributed by atoms with Crippen LogP contribution in [-0.2, 0) is 4.74 Å². The summed E-state index contributed by atoms with van der Waals surface area (Å²) in [6.07, 6.45) is 0.641. The fraction of sp³-hybridized carbons (Fsp3) is 1.00. The van der Waals surface area contributed by atoms with Crippen LogP contribution in [0.15, 0.2) is 0 Å². The van der Waals surface area contributed by atoms with E-state index in [1.54, 1.807) is 0 Å². The molecule has 0 aromatic heterocycles. The molecule has 1 unspecified atom stereocenters. The van der Waals surface area contributed by atoms with E-state index in [1.807, 2.05) is 6.92 Å².